The average Bonchev–Trinajstić information content (AvgIpc) is 3.29. The zero-order valence-electron chi connectivity index (χ0n) is 12.6. The summed E-state index contributed by atoms with van der Waals surface area (Å²) in [7, 11) is 0. The highest BCUT2D eigenvalue weighted by Crippen LogP contribution is 2.29. The van der Waals surface area contributed by atoms with Crippen molar-refractivity contribution in [3.05, 3.63) is 33.9 Å². The van der Waals surface area contributed by atoms with Crippen molar-refractivity contribution in [3.63, 3.8) is 0 Å². The Bertz CT molecular complexity index is 473. The minimum absolute atomic E-state index is 0.0562. The Hall–Kier alpha value is -1.62. The zero-order valence-corrected chi connectivity index (χ0v) is 12.6. The Morgan fingerprint density at radius 2 is 2.14 bits per heavy atom. The van der Waals surface area contributed by atoms with Gasteiger partial charge in [-0.2, -0.15) is 0 Å². The molecular formula is C16H24N2O3. The third-order valence-electron chi connectivity index (χ3n) is 3.65. The quantitative estimate of drug-likeness (QED) is 0.404. The van der Waals surface area contributed by atoms with Crippen molar-refractivity contribution < 1.29 is 9.66 Å². The molecule has 1 fully saturated rings. The van der Waals surface area contributed by atoms with Gasteiger partial charge in [0.15, 0.2) is 5.75 Å². The lowest BCUT2D eigenvalue weighted by atomic mass is 10.2. The van der Waals surface area contributed by atoms with E-state index in [0.29, 0.717) is 18.4 Å². The summed E-state index contributed by atoms with van der Waals surface area (Å²) in [6.07, 6.45) is 6.85. The number of ether oxygens (including phenoxy) is 1. The van der Waals surface area contributed by atoms with Crippen molar-refractivity contribution in [2.45, 2.75) is 58.0 Å². The fraction of sp³-hybridized carbons (Fsp3) is 0.625. The fourth-order valence-electron chi connectivity index (χ4n) is 2.20. The van der Waals surface area contributed by atoms with Crippen LogP contribution < -0.4 is 10.1 Å². The second-order valence-corrected chi connectivity index (χ2v) is 5.62. The lowest BCUT2D eigenvalue weighted by molar-refractivity contribution is -0.385. The summed E-state index contributed by atoms with van der Waals surface area (Å²) in [6.45, 7) is 3.44. The van der Waals surface area contributed by atoms with E-state index in [-0.39, 0.29) is 10.6 Å². The molecule has 5 nitrogen and oxygen atoms in total. The van der Waals surface area contributed by atoms with E-state index in [9.17, 15) is 10.1 Å². The van der Waals surface area contributed by atoms with Gasteiger partial charge in [0, 0.05) is 18.7 Å². The topological polar surface area (TPSA) is 64.4 Å². The molecule has 116 valence electrons. The molecule has 0 saturated heterocycles. The molecule has 1 aliphatic carbocycles. The van der Waals surface area contributed by atoms with Gasteiger partial charge in [-0.25, -0.2) is 0 Å². The summed E-state index contributed by atoms with van der Waals surface area (Å²) in [5.41, 5.74) is 1.09. The van der Waals surface area contributed by atoms with Crippen LogP contribution in [0.15, 0.2) is 18.2 Å². The van der Waals surface area contributed by atoms with Crippen LogP contribution in [-0.2, 0) is 6.54 Å². The third-order valence-corrected chi connectivity index (χ3v) is 3.65. The number of nitrogens with one attached hydrogen (secondary N) is 1. The summed E-state index contributed by atoms with van der Waals surface area (Å²) in [5, 5.41) is 14.5. The van der Waals surface area contributed by atoms with Crippen molar-refractivity contribution in [2.75, 3.05) is 6.61 Å². The van der Waals surface area contributed by atoms with Crippen LogP contribution >= 0.6 is 0 Å². The maximum Gasteiger partial charge on any atom is 0.310 e. The van der Waals surface area contributed by atoms with E-state index in [1.165, 1.54) is 25.7 Å². The first kappa shape index (κ1) is 15.8. The van der Waals surface area contributed by atoms with Crippen molar-refractivity contribution in [3.8, 4) is 5.75 Å². The molecule has 0 bridgehead atoms. The van der Waals surface area contributed by atoms with Gasteiger partial charge in [-0.15, -0.1) is 0 Å². The smallest absolute Gasteiger partial charge is 0.310 e. The molecule has 21 heavy (non-hydrogen) atoms. The first-order valence-corrected chi connectivity index (χ1v) is 7.84. The highest BCUT2D eigenvalue weighted by Gasteiger charge is 2.21. The second-order valence-electron chi connectivity index (χ2n) is 5.62. The van der Waals surface area contributed by atoms with Gasteiger partial charge >= 0.3 is 5.69 Å². The Labute approximate surface area is 125 Å². The SMILES string of the molecule is CCCCCCOc1cc(CNC2CC2)ccc1[N+](=O)[O-]. The van der Waals surface area contributed by atoms with Gasteiger partial charge in [0.1, 0.15) is 0 Å². The summed E-state index contributed by atoms with van der Waals surface area (Å²) < 4.78 is 5.64. The predicted octanol–water partition coefficient (Wildman–Crippen LogP) is 3.81. The van der Waals surface area contributed by atoms with Crippen LogP contribution in [0, 0.1) is 10.1 Å². The van der Waals surface area contributed by atoms with Gasteiger partial charge in [-0.1, -0.05) is 32.3 Å². The molecule has 1 aromatic rings. The van der Waals surface area contributed by atoms with Crippen molar-refractivity contribution >= 4 is 5.69 Å². The molecular weight excluding hydrogens is 268 g/mol. The minimum Gasteiger partial charge on any atom is -0.487 e. The summed E-state index contributed by atoms with van der Waals surface area (Å²) >= 11 is 0. The van der Waals surface area contributed by atoms with Crippen LogP contribution in [0.2, 0.25) is 0 Å². The largest absolute Gasteiger partial charge is 0.487 e. The molecule has 1 saturated carbocycles. The molecule has 2 rings (SSSR count). The van der Waals surface area contributed by atoms with Gasteiger partial charge in [0.2, 0.25) is 0 Å². The van der Waals surface area contributed by atoms with Crippen LogP contribution in [-0.4, -0.2) is 17.6 Å². The summed E-state index contributed by atoms with van der Waals surface area (Å²) in [4.78, 5) is 10.7. The Morgan fingerprint density at radius 3 is 2.81 bits per heavy atom. The van der Waals surface area contributed by atoms with E-state index in [4.69, 9.17) is 4.74 Å². The molecule has 1 N–H and O–H groups in total. The molecule has 0 aromatic heterocycles. The van der Waals surface area contributed by atoms with Crippen LogP contribution in [0.25, 0.3) is 0 Å². The van der Waals surface area contributed by atoms with E-state index in [0.717, 1.165) is 24.9 Å². The Kier molecular flexibility index (Phi) is 5.99. The van der Waals surface area contributed by atoms with Crippen molar-refractivity contribution in [1.29, 1.82) is 0 Å². The number of rotatable bonds is 10. The van der Waals surface area contributed by atoms with Gasteiger partial charge < -0.3 is 10.1 Å². The highest BCUT2D eigenvalue weighted by atomic mass is 16.6. The standard InChI is InChI=1S/C16H24N2O3/c1-2-3-4-5-10-21-16-11-13(12-17-14-7-8-14)6-9-15(16)18(19)20/h6,9,11,14,17H,2-5,7-8,10,12H2,1H3. The maximum atomic E-state index is 11.1. The number of nitrogens with zero attached hydrogens (tertiary/aromatic N) is 1. The number of nitro benzene ring substituents is 1. The van der Waals surface area contributed by atoms with Gasteiger partial charge in [-0.05, 0) is 30.9 Å². The summed E-state index contributed by atoms with van der Waals surface area (Å²) in [5.74, 6) is 0.395. The van der Waals surface area contributed by atoms with E-state index < -0.39 is 0 Å². The normalized spacial score (nSPS) is 14.1. The number of benzene rings is 1. The van der Waals surface area contributed by atoms with E-state index >= 15 is 0 Å². The average molecular weight is 292 g/mol. The molecule has 1 aliphatic rings. The fourth-order valence-corrected chi connectivity index (χ4v) is 2.20. The number of hydrogen-bond donors (Lipinski definition) is 1. The van der Waals surface area contributed by atoms with E-state index in [1.807, 2.05) is 0 Å². The number of nitro groups is 1. The van der Waals surface area contributed by atoms with E-state index in [1.54, 1.807) is 18.2 Å². The van der Waals surface area contributed by atoms with Crippen LogP contribution in [0.1, 0.15) is 51.0 Å². The molecule has 0 heterocycles. The third kappa shape index (κ3) is 5.34. The molecule has 0 spiro atoms. The van der Waals surface area contributed by atoms with Crippen LogP contribution in [0.5, 0.6) is 5.75 Å². The molecule has 1 aromatic carbocycles. The molecule has 5 heteroatoms. The van der Waals surface area contributed by atoms with Gasteiger partial charge in [-0.3, -0.25) is 10.1 Å². The van der Waals surface area contributed by atoms with Crippen molar-refractivity contribution in [1.82, 2.24) is 5.32 Å². The number of hydrogen-bond acceptors (Lipinski definition) is 4. The number of unbranched alkanes of at least 4 members (excludes halogenated alkanes) is 3. The maximum absolute atomic E-state index is 11.1. The van der Waals surface area contributed by atoms with E-state index in [2.05, 4.69) is 12.2 Å². The highest BCUT2D eigenvalue weighted by molar-refractivity contribution is 5.48. The molecule has 0 radical (unpaired) electrons. The minimum atomic E-state index is -0.376. The zero-order chi connectivity index (χ0) is 15.1. The van der Waals surface area contributed by atoms with Crippen LogP contribution in [0.4, 0.5) is 5.69 Å². The molecule has 0 atom stereocenters. The predicted molar refractivity (Wildman–Crippen MR) is 82.6 cm³/mol. The summed E-state index contributed by atoms with van der Waals surface area (Å²) in [6, 6.07) is 5.77. The molecule has 0 amide bonds. The Balaban J connectivity index is 1.92. The lowest BCUT2D eigenvalue weighted by Crippen LogP contribution is -2.15. The Morgan fingerprint density at radius 1 is 1.33 bits per heavy atom. The second kappa shape index (κ2) is 7.98. The monoisotopic (exact) mass is 292 g/mol. The van der Waals surface area contributed by atoms with Crippen LogP contribution in [0.3, 0.4) is 0 Å². The van der Waals surface area contributed by atoms with Gasteiger partial charge in [0.25, 0.3) is 0 Å². The van der Waals surface area contributed by atoms with Crippen molar-refractivity contribution in [2.24, 2.45) is 0 Å². The van der Waals surface area contributed by atoms with Gasteiger partial charge in [0.05, 0.1) is 11.5 Å². The molecule has 0 unspecified atom stereocenters. The first-order valence-electron chi connectivity index (χ1n) is 7.84. The molecule has 0 aliphatic heterocycles. The first-order chi connectivity index (χ1) is 10.2. The lowest BCUT2D eigenvalue weighted by Gasteiger charge is -2.09.